The molecule has 0 saturated heterocycles. The number of hydrogen-bond acceptors (Lipinski definition) is 4. The van der Waals surface area contributed by atoms with E-state index < -0.39 is 11.7 Å². The van der Waals surface area contributed by atoms with Crippen LogP contribution in [-0.2, 0) is 13.6 Å². The molecule has 0 radical (unpaired) electrons. The molecule has 1 amide bonds. The molecule has 0 bridgehead atoms. The van der Waals surface area contributed by atoms with Crippen LogP contribution >= 0.6 is 11.6 Å². The molecule has 0 saturated carbocycles. The summed E-state index contributed by atoms with van der Waals surface area (Å²) in [4.78, 5) is 16.8. The van der Waals surface area contributed by atoms with Gasteiger partial charge in [-0.3, -0.25) is 9.48 Å². The SMILES string of the molecule is Cc1nn(C)c(C)c1-c1cnc(N)c(-c2ccc(C(=O)NCc3cccc(Cl)c3)c(F)c2)c1. The molecular weight excluding hydrogens is 441 g/mol. The molecule has 0 atom stereocenters. The molecule has 4 aromatic rings. The van der Waals surface area contributed by atoms with Gasteiger partial charge in [-0.25, -0.2) is 9.37 Å². The second-order valence-electron chi connectivity index (χ2n) is 7.83. The largest absolute Gasteiger partial charge is 0.383 e. The van der Waals surface area contributed by atoms with Gasteiger partial charge in [-0.05, 0) is 55.3 Å². The van der Waals surface area contributed by atoms with Gasteiger partial charge in [0.05, 0.1) is 11.3 Å². The minimum atomic E-state index is -0.644. The third-order valence-corrected chi connectivity index (χ3v) is 5.82. The van der Waals surface area contributed by atoms with Crippen molar-refractivity contribution >= 4 is 23.3 Å². The molecule has 3 N–H and O–H groups in total. The molecule has 0 unspecified atom stereocenters. The standard InChI is InChI=1S/C25H23ClFN5O/c1-14-23(15(2)32(3)31-14)18-10-21(24(28)29-13-18)17-7-8-20(22(27)11-17)25(33)30-12-16-5-4-6-19(26)9-16/h4-11,13H,12H2,1-3H3,(H2,28,29)(H,30,33). The first-order valence-electron chi connectivity index (χ1n) is 10.3. The first-order valence-corrected chi connectivity index (χ1v) is 10.7. The lowest BCUT2D eigenvalue weighted by Crippen LogP contribution is -2.23. The quantitative estimate of drug-likeness (QED) is 0.432. The smallest absolute Gasteiger partial charge is 0.254 e. The molecule has 0 aliphatic carbocycles. The van der Waals surface area contributed by atoms with Crippen LogP contribution in [0.5, 0.6) is 0 Å². The molecule has 2 aromatic carbocycles. The van der Waals surface area contributed by atoms with Crippen molar-refractivity contribution in [3.8, 4) is 22.3 Å². The summed E-state index contributed by atoms with van der Waals surface area (Å²) >= 11 is 5.97. The van der Waals surface area contributed by atoms with E-state index in [4.69, 9.17) is 17.3 Å². The number of aromatic nitrogens is 3. The maximum atomic E-state index is 14.9. The summed E-state index contributed by atoms with van der Waals surface area (Å²) in [7, 11) is 1.88. The van der Waals surface area contributed by atoms with Crippen LogP contribution in [0.15, 0.2) is 54.7 Å². The predicted octanol–water partition coefficient (Wildman–Crippen LogP) is 5.07. The maximum Gasteiger partial charge on any atom is 0.254 e. The van der Waals surface area contributed by atoms with Crippen LogP contribution in [0.4, 0.5) is 10.2 Å². The highest BCUT2D eigenvalue weighted by Gasteiger charge is 2.17. The Bertz CT molecular complexity index is 1370. The number of nitrogen functional groups attached to an aromatic ring is 1. The van der Waals surface area contributed by atoms with Gasteiger partial charge in [-0.15, -0.1) is 0 Å². The van der Waals surface area contributed by atoms with Crippen molar-refractivity contribution in [2.24, 2.45) is 7.05 Å². The highest BCUT2D eigenvalue weighted by atomic mass is 35.5. The molecule has 0 aliphatic rings. The Kier molecular flexibility index (Phi) is 6.16. The van der Waals surface area contributed by atoms with Gasteiger partial charge in [-0.1, -0.05) is 29.8 Å². The van der Waals surface area contributed by atoms with Crippen molar-refractivity contribution in [3.05, 3.63) is 88.1 Å². The van der Waals surface area contributed by atoms with E-state index in [1.807, 2.05) is 33.0 Å². The van der Waals surface area contributed by atoms with Crippen LogP contribution in [-0.4, -0.2) is 20.7 Å². The summed E-state index contributed by atoms with van der Waals surface area (Å²) in [6, 6.07) is 13.4. The topological polar surface area (TPSA) is 85.8 Å². The first kappa shape index (κ1) is 22.5. The average molecular weight is 464 g/mol. The van der Waals surface area contributed by atoms with E-state index in [0.717, 1.165) is 28.1 Å². The number of amides is 1. The molecule has 0 aliphatic heterocycles. The minimum Gasteiger partial charge on any atom is -0.383 e. The number of halogens is 2. The predicted molar refractivity (Wildman–Crippen MR) is 128 cm³/mol. The number of pyridine rings is 1. The maximum absolute atomic E-state index is 14.9. The van der Waals surface area contributed by atoms with Crippen LogP contribution < -0.4 is 11.1 Å². The molecular formula is C25H23ClFN5O. The lowest BCUT2D eigenvalue weighted by atomic mass is 9.99. The molecule has 4 rings (SSSR count). The number of aryl methyl sites for hydroxylation is 2. The summed E-state index contributed by atoms with van der Waals surface area (Å²) in [5.74, 6) is -0.884. The van der Waals surface area contributed by atoms with E-state index in [1.54, 1.807) is 35.1 Å². The third kappa shape index (κ3) is 4.59. The lowest BCUT2D eigenvalue weighted by molar-refractivity contribution is 0.0947. The Balaban J connectivity index is 1.60. The summed E-state index contributed by atoms with van der Waals surface area (Å²) in [6.45, 7) is 4.14. The Morgan fingerprint density at radius 3 is 2.61 bits per heavy atom. The summed E-state index contributed by atoms with van der Waals surface area (Å²) in [6.07, 6.45) is 1.68. The second-order valence-corrected chi connectivity index (χ2v) is 8.27. The number of rotatable bonds is 5. The number of nitrogens with one attached hydrogen (secondary N) is 1. The molecule has 168 valence electrons. The van der Waals surface area contributed by atoms with Gasteiger partial charge in [0.15, 0.2) is 0 Å². The van der Waals surface area contributed by atoms with Gasteiger partial charge < -0.3 is 11.1 Å². The Labute approximate surface area is 196 Å². The summed E-state index contributed by atoms with van der Waals surface area (Å²) in [5, 5.41) is 7.73. The van der Waals surface area contributed by atoms with Gasteiger partial charge >= 0.3 is 0 Å². The second kappa shape index (κ2) is 9.03. The number of hydrogen-bond donors (Lipinski definition) is 2. The average Bonchev–Trinajstić information content (AvgIpc) is 3.04. The minimum absolute atomic E-state index is 0.0533. The number of carbonyl (C=O) groups excluding carboxylic acids is 1. The van der Waals surface area contributed by atoms with Gasteiger partial charge in [0.1, 0.15) is 11.6 Å². The number of anilines is 1. The highest BCUT2D eigenvalue weighted by Crippen LogP contribution is 2.33. The van der Waals surface area contributed by atoms with Crippen molar-refractivity contribution < 1.29 is 9.18 Å². The Morgan fingerprint density at radius 1 is 1.15 bits per heavy atom. The van der Waals surface area contributed by atoms with Crippen LogP contribution in [0.25, 0.3) is 22.3 Å². The third-order valence-electron chi connectivity index (χ3n) is 5.58. The van der Waals surface area contributed by atoms with E-state index in [9.17, 15) is 9.18 Å². The monoisotopic (exact) mass is 463 g/mol. The summed E-state index contributed by atoms with van der Waals surface area (Å²) in [5.41, 5.74) is 11.7. The summed E-state index contributed by atoms with van der Waals surface area (Å²) < 4.78 is 16.7. The lowest BCUT2D eigenvalue weighted by Gasteiger charge is -2.11. The zero-order valence-electron chi connectivity index (χ0n) is 18.5. The Hall–Kier alpha value is -3.71. The van der Waals surface area contributed by atoms with E-state index in [0.29, 0.717) is 16.1 Å². The first-order chi connectivity index (χ1) is 15.7. The highest BCUT2D eigenvalue weighted by molar-refractivity contribution is 6.30. The zero-order valence-corrected chi connectivity index (χ0v) is 19.2. The van der Waals surface area contributed by atoms with Crippen molar-refractivity contribution in [2.45, 2.75) is 20.4 Å². The normalized spacial score (nSPS) is 10.9. The molecule has 2 aromatic heterocycles. The van der Waals surface area contributed by atoms with Crippen molar-refractivity contribution in [2.75, 3.05) is 5.73 Å². The molecule has 6 nitrogen and oxygen atoms in total. The van der Waals surface area contributed by atoms with E-state index in [1.165, 1.54) is 12.1 Å². The van der Waals surface area contributed by atoms with Gasteiger partial charge in [-0.2, -0.15) is 5.10 Å². The fraction of sp³-hybridized carbons (Fsp3) is 0.160. The van der Waals surface area contributed by atoms with E-state index in [2.05, 4.69) is 15.4 Å². The van der Waals surface area contributed by atoms with Crippen molar-refractivity contribution in [3.63, 3.8) is 0 Å². The van der Waals surface area contributed by atoms with Gasteiger partial charge in [0.25, 0.3) is 5.91 Å². The van der Waals surface area contributed by atoms with Crippen molar-refractivity contribution in [1.29, 1.82) is 0 Å². The molecule has 33 heavy (non-hydrogen) atoms. The van der Waals surface area contributed by atoms with Crippen LogP contribution in [0.2, 0.25) is 5.02 Å². The molecule has 8 heteroatoms. The van der Waals surface area contributed by atoms with Crippen LogP contribution in [0.1, 0.15) is 27.3 Å². The van der Waals surface area contributed by atoms with Crippen molar-refractivity contribution in [1.82, 2.24) is 20.1 Å². The number of nitrogens with two attached hydrogens (primary N) is 1. The zero-order chi connectivity index (χ0) is 23.7. The number of carbonyl (C=O) groups is 1. The fourth-order valence-corrected chi connectivity index (χ4v) is 4.04. The van der Waals surface area contributed by atoms with E-state index >= 15 is 0 Å². The van der Waals surface area contributed by atoms with Crippen LogP contribution in [0, 0.1) is 19.7 Å². The van der Waals surface area contributed by atoms with Crippen LogP contribution in [0.3, 0.4) is 0 Å². The number of benzene rings is 2. The fourth-order valence-electron chi connectivity index (χ4n) is 3.83. The molecule has 2 heterocycles. The van der Waals surface area contributed by atoms with Gasteiger partial charge in [0, 0.05) is 47.2 Å². The Morgan fingerprint density at radius 2 is 1.94 bits per heavy atom. The molecule has 0 spiro atoms. The van der Waals surface area contributed by atoms with Gasteiger partial charge in [0.2, 0.25) is 0 Å². The van der Waals surface area contributed by atoms with E-state index in [-0.39, 0.29) is 17.9 Å². The molecule has 0 fully saturated rings. The number of nitrogens with zero attached hydrogens (tertiary/aromatic N) is 3.